The van der Waals surface area contributed by atoms with Crippen LogP contribution in [0.5, 0.6) is 34.5 Å². The zero-order chi connectivity index (χ0) is 34.9. The van der Waals surface area contributed by atoms with Gasteiger partial charge in [-0.2, -0.15) is 0 Å². The number of para-hydroxylation sites is 2. The van der Waals surface area contributed by atoms with E-state index in [2.05, 4.69) is 77.9 Å². The molecule has 0 atom stereocenters. The molecule has 1 heterocycles. The van der Waals surface area contributed by atoms with Crippen molar-refractivity contribution in [2.75, 3.05) is 0 Å². The van der Waals surface area contributed by atoms with Crippen LogP contribution in [-0.2, 0) is 16.5 Å². The molecule has 0 radical (unpaired) electrons. The molecule has 4 aromatic rings. The number of aryl methyl sites for hydroxylation is 2. The Morgan fingerprint density at radius 1 is 0.625 bits per heavy atom. The molecule has 0 amide bonds. The molecule has 256 valence electrons. The van der Waals surface area contributed by atoms with Crippen LogP contribution in [0, 0.1) is 13.8 Å². The monoisotopic (exact) mass is 810 g/mol. The average Bonchev–Trinajstić information content (AvgIpc) is 3.04. The van der Waals surface area contributed by atoms with Crippen molar-refractivity contribution in [1.29, 1.82) is 0 Å². The summed E-state index contributed by atoms with van der Waals surface area (Å²) < 4.78 is 10.9. The van der Waals surface area contributed by atoms with E-state index in [-0.39, 0.29) is 59.6 Å². The van der Waals surface area contributed by atoms with Crippen LogP contribution in [0.4, 0.5) is 11.4 Å². The zero-order valence-corrected chi connectivity index (χ0v) is 32.3. The number of hydrogen-bond acceptors (Lipinski definition) is 6. The maximum atomic E-state index is 11.7. The third kappa shape index (κ3) is 8.16. The molecule has 0 aliphatic carbocycles. The van der Waals surface area contributed by atoms with E-state index in [1.54, 1.807) is 0 Å². The van der Waals surface area contributed by atoms with E-state index in [9.17, 15) is 10.2 Å². The van der Waals surface area contributed by atoms with Gasteiger partial charge in [0.25, 0.3) is 0 Å². The Morgan fingerprint density at radius 2 is 1.00 bits per heavy atom. The van der Waals surface area contributed by atoms with Crippen LogP contribution in [0.15, 0.2) is 46.4 Å². The van der Waals surface area contributed by atoms with Gasteiger partial charge in [0.1, 0.15) is 10.0 Å². The first-order valence-electron chi connectivity index (χ1n) is 14.5. The van der Waals surface area contributed by atoms with Crippen LogP contribution < -0.4 is 19.7 Å². The standard InChI is InChI=1S/C23H30N2.C12H2Cl6O4.Ni/c1-15(2)20-12-9-13-21(16(3)4)23(20)24-14-19(7)25-22-17(5)10-8-11-18(22)6;13-1-2(14)4(16)10-9(3(1)15)21-11-5(17)7(19)8(20)6(18)12(11)22-10;/h8-16H,1-7H3;19-20H;/q;;+2/p-2. The number of fused-ring (bicyclic) bond motifs is 2. The minimum absolute atomic E-state index is 0. The molecule has 4 aromatic carbocycles. The van der Waals surface area contributed by atoms with E-state index in [1.807, 2.05) is 13.1 Å². The summed E-state index contributed by atoms with van der Waals surface area (Å²) in [6.45, 7) is 15.1. The van der Waals surface area contributed by atoms with Gasteiger partial charge in [-0.3, -0.25) is 9.98 Å². The summed E-state index contributed by atoms with van der Waals surface area (Å²) in [6.07, 6.45) is 1.90. The maximum Gasteiger partial charge on any atom is 2.00 e. The number of benzene rings is 4. The SMILES string of the molecule is CC(C=Nc1c(C(C)C)cccc1C(C)C)=Nc1c(C)cccc1C.[Ni+2].[O-]c1c([O-])c(Cl)c2c(c1Cl)Oc1c(Cl)c(Cl)c(Cl)c(Cl)c1O2. The quantitative estimate of drug-likeness (QED) is 0.0765. The number of halogens is 6. The Labute approximate surface area is 320 Å². The summed E-state index contributed by atoms with van der Waals surface area (Å²) in [6, 6.07) is 12.8. The van der Waals surface area contributed by atoms with Gasteiger partial charge < -0.3 is 19.7 Å². The van der Waals surface area contributed by atoms with Crippen LogP contribution in [0.2, 0.25) is 30.1 Å². The number of ether oxygens (including phenoxy) is 2. The second-order valence-corrected chi connectivity index (χ2v) is 13.7. The van der Waals surface area contributed by atoms with Gasteiger partial charge in [0.05, 0.1) is 37.2 Å². The molecule has 48 heavy (non-hydrogen) atoms. The number of nitrogens with zero attached hydrogens (tertiary/aromatic N) is 2. The first kappa shape index (κ1) is 40.1. The van der Waals surface area contributed by atoms with Crippen molar-refractivity contribution in [1.82, 2.24) is 0 Å². The molecule has 5 rings (SSSR count). The van der Waals surface area contributed by atoms with Crippen LogP contribution in [-0.4, -0.2) is 11.9 Å². The molecule has 13 heteroatoms. The van der Waals surface area contributed by atoms with E-state index in [0.717, 1.165) is 17.1 Å². The zero-order valence-electron chi connectivity index (χ0n) is 26.8. The number of rotatable bonds is 5. The van der Waals surface area contributed by atoms with Gasteiger partial charge in [0, 0.05) is 6.21 Å². The molecular formula is C35H30Cl6N2NiO4. The largest absolute Gasteiger partial charge is 2.00 e. The molecule has 0 aromatic heterocycles. The Bertz CT molecular complexity index is 1750. The second-order valence-electron chi connectivity index (χ2n) is 11.4. The fourth-order valence-corrected chi connectivity index (χ4v) is 6.09. The fourth-order valence-electron chi connectivity index (χ4n) is 4.77. The molecule has 1 aliphatic rings. The third-order valence-corrected chi connectivity index (χ3v) is 9.71. The molecule has 0 saturated heterocycles. The van der Waals surface area contributed by atoms with E-state index in [4.69, 9.17) is 89.1 Å². The molecule has 0 bridgehead atoms. The first-order chi connectivity index (χ1) is 22.1. The van der Waals surface area contributed by atoms with Gasteiger partial charge in [0.15, 0.2) is 23.0 Å². The Morgan fingerprint density at radius 3 is 1.40 bits per heavy atom. The summed E-state index contributed by atoms with van der Waals surface area (Å²) in [5, 5.41) is 22.0. The van der Waals surface area contributed by atoms with Gasteiger partial charge >= 0.3 is 16.5 Å². The number of hydrogen-bond donors (Lipinski definition) is 0. The van der Waals surface area contributed by atoms with E-state index < -0.39 is 21.5 Å². The summed E-state index contributed by atoms with van der Waals surface area (Å²) in [5.41, 5.74) is 8.04. The van der Waals surface area contributed by atoms with Crippen molar-refractivity contribution in [2.24, 2.45) is 9.98 Å². The van der Waals surface area contributed by atoms with Crippen molar-refractivity contribution in [3.63, 3.8) is 0 Å². The van der Waals surface area contributed by atoms with Crippen LogP contribution >= 0.6 is 69.6 Å². The molecule has 0 saturated carbocycles. The summed E-state index contributed by atoms with van der Waals surface area (Å²) in [5.74, 6) is -1.85. The van der Waals surface area contributed by atoms with Crippen LogP contribution in [0.3, 0.4) is 0 Å². The average molecular weight is 814 g/mol. The predicted molar refractivity (Wildman–Crippen MR) is 193 cm³/mol. The van der Waals surface area contributed by atoms with Crippen LogP contribution in [0.25, 0.3) is 0 Å². The van der Waals surface area contributed by atoms with Crippen molar-refractivity contribution in [3.8, 4) is 34.5 Å². The van der Waals surface area contributed by atoms with Crippen LogP contribution in [0.1, 0.15) is 68.7 Å². The van der Waals surface area contributed by atoms with Gasteiger partial charge in [-0.05, 0) is 54.9 Å². The van der Waals surface area contributed by atoms with Crippen molar-refractivity contribution in [2.45, 2.75) is 60.3 Å². The van der Waals surface area contributed by atoms with Gasteiger partial charge in [0.2, 0.25) is 0 Å². The molecule has 1 aliphatic heterocycles. The number of aliphatic imine (C=N–C) groups is 2. The van der Waals surface area contributed by atoms with Gasteiger partial charge in [-0.1, -0.05) is 145 Å². The molecule has 0 N–H and O–H groups in total. The first-order valence-corrected chi connectivity index (χ1v) is 16.7. The Hall–Kier alpha value is -2.35. The fraction of sp³-hybridized carbons (Fsp3) is 0.257. The minimum atomic E-state index is -1.03. The normalized spacial score (nSPS) is 12.2. The summed E-state index contributed by atoms with van der Waals surface area (Å²) in [7, 11) is 0. The summed E-state index contributed by atoms with van der Waals surface area (Å²) in [4.78, 5) is 9.64. The smallest absolute Gasteiger partial charge is 0.872 e. The van der Waals surface area contributed by atoms with Gasteiger partial charge in [-0.15, -0.1) is 0 Å². The van der Waals surface area contributed by atoms with E-state index >= 15 is 0 Å². The summed E-state index contributed by atoms with van der Waals surface area (Å²) >= 11 is 35.5. The third-order valence-electron chi connectivity index (χ3n) is 7.25. The van der Waals surface area contributed by atoms with Crippen molar-refractivity contribution in [3.05, 3.63) is 88.8 Å². The molecule has 0 unspecified atom stereocenters. The van der Waals surface area contributed by atoms with Crippen molar-refractivity contribution >= 4 is 92.9 Å². The van der Waals surface area contributed by atoms with Gasteiger partial charge in [-0.25, -0.2) is 0 Å². The predicted octanol–water partition coefficient (Wildman–Crippen LogP) is 12.7. The Balaban J connectivity index is 0.000000257. The Kier molecular flexibility index (Phi) is 13.8. The van der Waals surface area contributed by atoms with E-state index in [1.165, 1.54) is 22.3 Å². The van der Waals surface area contributed by atoms with E-state index in [0.29, 0.717) is 11.8 Å². The molecule has 0 spiro atoms. The molecule has 6 nitrogen and oxygen atoms in total. The maximum absolute atomic E-state index is 11.7. The minimum Gasteiger partial charge on any atom is -0.872 e. The second kappa shape index (κ2) is 16.6. The molecular weight excluding hydrogens is 784 g/mol. The molecule has 0 fully saturated rings. The topological polar surface area (TPSA) is 89.3 Å². The van der Waals surface area contributed by atoms with Crippen molar-refractivity contribution < 1.29 is 36.2 Å².